The number of carbonyl (C=O) groups is 1. The molecule has 0 aliphatic carbocycles. The normalized spacial score (nSPS) is 15.2. The lowest BCUT2D eigenvalue weighted by molar-refractivity contribution is -0.112. The number of hydrogen-bond donors (Lipinski definition) is 0. The average molecular weight is 395 g/mol. The first-order chi connectivity index (χ1) is 13.4. The van der Waals surface area contributed by atoms with E-state index in [0.717, 1.165) is 18.3 Å². The van der Waals surface area contributed by atoms with E-state index in [0.29, 0.717) is 11.3 Å². The average Bonchev–Trinajstić information content (AvgIpc) is 2.87. The van der Waals surface area contributed by atoms with Gasteiger partial charge in [0.1, 0.15) is 11.5 Å². The number of carbonyl (C=O) groups excluding carboxylic acids is 1. The molecule has 1 aliphatic rings. The van der Waals surface area contributed by atoms with E-state index in [1.165, 1.54) is 11.0 Å². The molecule has 28 heavy (non-hydrogen) atoms. The summed E-state index contributed by atoms with van der Waals surface area (Å²) < 4.78 is 58.2. The summed E-state index contributed by atoms with van der Waals surface area (Å²) in [6.07, 6.45) is 1.07. The third-order valence-electron chi connectivity index (χ3n) is 3.81. The van der Waals surface area contributed by atoms with Gasteiger partial charge in [0.05, 0.1) is 11.9 Å². The lowest BCUT2D eigenvalue weighted by atomic mass is 10.1. The van der Waals surface area contributed by atoms with Crippen molar-refractivity contribution < 1.29 is 31.8 Å². The summed E-state index contributed by atoms with van der Waals surface area (Å²) >= 11 is 0. The van der Waals surface area contributed by atoms with Crippen molar-refractivity contribution in [1.82, 2.24) is 0 Å². The van der Waals surface area contributed by atoms with Crippen LogP contribution in [-0.2, 0) is 4.79 Å². The zero-order valence-corrected chi connectivity index (χ0v) is 14.4. The number of likely N-dealkylation sites (N-methyl/N-ethyl adjacent to an activating group) is 1. The molecule has 10 heteroatoms. The maximum Gasteiger partial charge on any atom is 0.387 e. The minimum atomic E-state index is -3.18. The molecule has 0 bridgehead atoms. The Kier molecular flexibility index (Phi) is 5.57. The van der Waals surface area contributed by atoms with Crippen molar-refractivity contribution in [2.75, 3.05) is 11.9 Å². The molecule has 0 saturated carbocycles. The van der Waals surface area contributed by atoms with E-state index in [-0.39, 0.29) is 22.9 Å². The van der Waals surface area contributed by atoms with Crippen molar-refractivity contribution in [2.45, 2.75) is 13.2 Å². The van der Waals surface area contributed by atoms with Gasteiger partial charge in [-0.2, -0.15) is 22.7 Å². The van der Waals surface area contributed by atoms with Crippen LogP contribution in [0.2, 0.25) is 0 Å². The van der Waals surface area contributed by atoms with Gasteiger partial charge in [0, 0.05) is 24.2 Å². The summed E-state index contributed by atoms with van der Waals surface area (Å²) in [7, 11) is 1.59. The Hall–Kier alpha value is -3.43. The Morgan fingerprint density at radius 1 is 1.04 bits per heavy atom. The zero-order chi connectivity index (χ0) is 20.3. The van der Waals surface area contributed by atoms with Crippen LogP contribution in [0.15, 0.2) is 52.7 Å². The summed E-state index contributed by atoms with van der Waals surface area (Å²) in [4.78, 5) is 13.7. The first-order valence-corrected chi connectivity index (χ1v) is 7.89. The minimum Gasteiger partial charge on any atom is -0.435 e. The summed E-state index contributed by atoms with van der Waals surface area (Å²) in [5.74, 6) is -1.15. The van der Waals surface area contributed by atoms with E-state index in [4.69, 9.17) is 0 Å². The highest BCUT2D eigenvalue weighted by Gasteiger charge is 2.31. The monoisotopic (exact) mass is 395 g/mol. The van der Waals surface area contributed by atoms with Crippen molar-refractivity contribution in [3.63, 3.8) is 0 Å². The number of rotatable bonds is 6. The highest BCUT2D eigenvalue weighted by molar-refractivity contribution is 6.54. The second-order valence-corrected chi connectivity index (χ2v) is 5.53. The van der Waals surface area contributed by atoms with Crippen LogP contribution >= 0.6 is 0 Å². The third kappa shape index (κ3) is 4.11. The number of benzene rings is 2. The van der Waals surface area contributed by atoms with Crippen LogP contribution < -0.4 is 14.4 Å². The van der Waals surface area contributed by atoms with Crippen molar-refractivity contribution in [3.8, 4) is 11.5 Å². The lowest BCUT2D eigenvalue weighted by Gasteiger charge is -2.10. The summed E-state index contributed by atoms with van der Waals surface area (Å²) in [6.45, 7) is -6.30. The van der Waals surface area contributed by atoms with E-state index in [9.17, 15) is 22.4 Å². The van der Waals surface area contributed by atoms with E-state index < -0.39 is 19.0 Å². The molecule has 0 saturated heterocycles. The fourth-order valence-electron chi connectivity index (χ4n) is 2.59. The number of alkyl halides is 4. The number of fused-ring (bicyclic) bond motifs is 1. The van der Waals surface area contributed by atoms with E-state index in [1.54, 1.807) is 31.3 Å². The summed E-state index contributed by atoms with van der Waals surface area (Å²) in [5, 5.41) is 7.65. The van der Waals surface area contributed by atoms with Gasteiger partial charge in [-0.25, -0.2) is 0 Å². The van der Waals surface area contributed by atoms with Crippen molar-refractivity contribution in [3.05, 3.63) is 53.6 Å². The van der Waals surface area contributed by atoms with Crippen LogP contribution in [0.1, 0.15) is 11.1 Å². The van der Waals surface area contributed by atoms with Crippen LogP contribution in [0.5, 0.6) is 11.5 Å². The molecule has 146 valence electrons. The summed E-state index contributed by atoms with van der Waals surface area (Å²) in [5.41, 5.74) is 1.37. The predicted molar refractivity (Wildman–Crippen MR) is 93.7 cm³/mol. The number of ether oxygens (including phenoxy) is 2. The number of anilines is 1. The maximum atomic E-state index is 12.6. The number of halogens is 4. The molecule has 1 heterocycles. The van der Waals surface area contributed by atoms with Crippen molar-refractivity contribution >= 4 is 23.5 Å². The fraction of sp³-hybridized carbons (Fsp3) is 0.167. The van der Waals surface area contributed by atoms with E-state index >= 15 is 0 Å². The molecule has 2 aromatic carbocycles. The van der Waals surface area contributed by atoms with Gasteiger partial charge in [0.2, 0.25) is 0 Å². The SMILES string of the molecule is CN1C(=O)/C(=N/N=C\c2ccc(OC(F)F)cc2OC(F)F)c2ccccc21. The standard InChI is InChI=1S/C18H13F4N3O3/c1-25-13-5-3-2-4-12(13)15(16(25)26)24-23-9-10-6-7-11(27-17(19)20)8-14(10)28-18(21)22/h2-9,17-18H,1H3/b23-9-,24-15+. The third-order valence-corrected chi connectivity index (χ3v) is 3.81. The fourth-order valence-corrected chi connectivity index (χ4v) is 2.59. The molecule has 0 atom stereocenters. The van der Waals surface area contributed by atoms with Crippen LogP contribution in [0.3, 0.4) is 0 Å². The molecule has 2 aromatic rings. The number of nitrogens with zero attached hydrogens (tertiary/aromatic N) is 3. The van der Waals surface area contributed by atoms with Crippen LogP contribution in [0.4, 0.5) is 23.2 Å². The van der Waals surface area contributed by atoms with Gasteiger partial charge in [0.15, 0.2) is 5.71 Å². The predicted octanol–water partition coefficient (Wildman–Crippen LogP) is 3.69. The van der Waals surface area contributed by atoms with Gasteiger partial charge in [-0.15, -0.1) is 5.10 Å². The summed E-state index contributed by atoms with van der Waals surface area (Å²) in [6, 6.07) is 10.2. The molecule has 1 aliphatic heterocycles. The first kappa shape index (κ1) is 19.3. The van der Waals surface area contributed by atoms with Gasteiger partial charge in [-0.1, -0.05) is 18.2 Å². The Labute approximate surface area is 156 Å². The molecule has 6 nitrogen and oxygen atoms in total. The molecule has 0 radical (unpaired) electrons. The number of para-hydroxylation sites is 1. The zero-order valence-electron chi connectivity index (χ0n) is 14.4. The van der Waals surface area contributed by atoms with Gasteiger partial charge in [-0.3, -0.25) is 4.79 Å². The quantitative estimate of drug-likeness (QED) is 0.426. The highest BCUT2D eigenvalue weighted by Crippen LogP contribution is 2.28. The molecular formula is C18H13F4N3O3. The van der Waals surface area contributed by atoms with Crippen molar-refractivity contribution in [1.29, 1.82) is 0 Å². The van der Waals surface area contributed by atoms with Gasteiger partial charge in [0.25, 0.3) is 5.91 Å². The van der Waals surface area contributed by atoms with Crippen LogP contribution in [0, 0.1) is 0 Å². The van der Waals surface area contributed by atoms with Gasteiger partial charge in [-0.05, 0) is 18.2 Å². The highest BCUT2D eigenvalue weighted by atomic mass is 19.3. The Bertz CT molecular complexity index is 947. The number of amides is 1. The number of hydrogen-bond acceptors (Lipinski definition) is 5. The molecule has 0 N–H and O–H groups in total. The molecule has 3 rings (SSSR count). The van der Waals surface area contributed by atoms with Gasteiger partial charge < -0.3 is 14.4 Å². The Morgan fingerprint density at radius 2 is 1.75 bits per heavy atom. The topological polar surface area (TPSA) is 63.5 Å². The van der Waals surface area contributed by atoms with Crippen LogP contribution in [0.25, 0.3) is 0 Å². The van der Waals surface area contributed by atoms with Gasteiger partial charge >= 0.3 is 13.2 Å². The first-order valence-electron chi connectivity index (χ1n) is 7.89. The Morgan fingerprint density at radius 3 is 2.46 bits per heavy atom. The van der Waals surface area contributed by atoms with Crippen LogP contribution in [-0.4, -0.2) is 38.1 Å². The smallest absolute Gasteiger partial charge is 0.387 e. The molecule has 0 fully saturated rings. The molecule has 0 unspecified atom stereocenters. The van der Waals surface area contributed by atoms with Crippen molar-refractivity contribution in [2.24, 2.45) is 10.2 Å². The van der Waals surface area contributed by atoms with E-state index in [2.05, 4.69) is 19.7 Å². The second kappa shape index (κ2) is 8.07. The Balaban J connectivity index is 1.89. The minimum absolute atomic E-state index is 0.0401. The molecular weight excluding hydrogens is 382 g/mol. The maximum absolute atomic E-state index is 12.6. The molecule has 0 spiro atoms. The lowest BCUT2D eigenvalue weighted by Crippen LogP contribution is -2.25. The largest absolute Gasteiger partial charge is 0.435 e. The molecule has 1 amide bonds. The second-order valence-electron chi connectivity index (χ2n) is 5.53. The van der Waals surface area contributed by atoms with E-state index in [1.807, 2.05) is 0 Å². The molecule has 0 aromatic heterocycles.